The second kappa shape index (κ2) is 8.27. The van der Waals surface area contributed by atoms with Gasteiger partial charge in [-0.3, -0.25) is 0 Å². The highest BCUT2D eigenvalue weighted by Gasteiger charge is 2.67. The van der Waals surface area contributed by atoms with Crippen LogP contribution in [0.4, 0.5) is 0 Å². The number of nitrogens with zero attached hydrogens (tertiary/aromatic N) is 1. The molecule has 1 saturated heterocycles. The molecule has 0 aromatic heterocycles. The van der Waals surface area contributed by atoms with E-state index in [1.807, 2.05) is 19.1 Å². The summed E-state index contributed by atoms with van der Waals surface area (Å²) in [7, 11) is -3.76. The fraction of sp³-hybridized carbons (Fsp3) is 0.621. The van der Waals surface area contributed by atoms with Crippen LogP contribution in [0.15, 0.2) is 58.1 Å². The first-order valence-electron chi connectivity index (χ1n) is 13.4. The third-order valence-electron chi connectivity index (χ3n) is 10.1. The van der Waals surface area contributed by atoms with Crippen molar-refractivity contribution in [3.63, 3.8) is 0 Å². The molecule has 3 fully saturated rings. The molecule has 1 N–H and O–H groups in total. The van der Waals surface area contributed by atoms with Gasteiger partial charge in [0, 0.05) is 23.2 Å². The zero-order valence-corrected chi connectivity index (χ0v) is 22.6. The lowest BCUT2D eigenvalue weighted by molar-refractivity contribution is -0.237. The molecule has 4 aliphatic carbocycles. The van der Waals surface area contributed by atoms with E-state index in [1.165, 1.54) is 5.57 Å². The maximum absolute atomic E-state index is 13.1. The van der Waals surface area contributed by atoms with Crippen LogP contribution in [0.2, 0.25) is 0 Å². The Bertz CT molecular complexity index is 1240. The summed E-state index contributed by atoms with van der Waals surface area (Å²) in [6.45, 7) is 10.2. The van der Waals surface area contributed by atoms with Crippen molar-refractivity contribution in [2.75, 3.05) is 13.2 Å². The molecular formula is C29H38N2O4S. The molecule has 6 nitrogen and oxygen atoms in total. The highest BCUT2D eigenvalue weighted by atomic mass is 32.2. The van der Waals surface area contributed by atoms with Crippen LogP contribution in [0.5, 0.6) is 0 Å². The second-order valence-corrected chi connectivity index (χ2v) is 13.8. The number of ether oxygens (including phenoxy) is 2. The van der Waals surface area contributed by atoms with Gasteiger partial charge in [0.1, 0.15) is 0 Å². The lowest BCUT2D eigenvalue weighted by atomic mass is 9.48. The number of aryl methyl sites for hydroxylation is 1. The Kier molecular flexibility index (Phi) is 5.60. The summed E-state index contributed by atoms with van der Waals surface area (Å²) in [4.78, 5) is 2.84. The minimum absolute atomic E-state index is 0.0273. The summed E-state index contributed by atoms with van der Waals surface area (Å²) >= 11 is 0. The smallest absolute Gasteiger partial charge is 0.276 e. The number of benzene rings is 1. The minimum Gasteiger partial charge on any atom is -0.347 e. The molecule has 4 unspecified atom stereocenters. The monoisotopic (exact) mass is 510 g/mol. The highest BCUT2D eigenvalue weighted by molar-refractivity contribution is 7.89. The summed E-state index contributed by atoms with van der Waals surface area (Å²) in [6.07, 6.45) is 12.0. The molecule has 1 spiro atoms. The van der Waals surface area contributed by atoms with E-state index in [-0.39, 0.29) is 21.6 Å². The van der Waals surface area contributed by atoms with E-state index in [2.05, 4.69) is 48.9 Å². The Morgan fingerprint density at radius 3 is 2.44 bits per heavy atom. The van der Waals surface area contributed by atoms with Gasteiger partial charge in [-0.05, 0) is 68.6 Å². The molecule has 0 radical (unpaired) electrons. The van der Waals surface area contributed by atoms with Crippen molar-refractivity contribution in [3.05, 3.63) is 53.6 Å². The summed E-state index contributed by atoms with van der Waals surface area (Å²) in [5.74, 6) is 0.785. The summed E-state index contributed by atoms with van der Waals surface area (Å²) in [6, 6.07) is 6.90. The fourth-order valence-corrected chi connectivity index (χ4v) is 8.89. The third kappa shape index (κ3) is 3.49. The highest BCUT2D eigenvalue weighted by Crippen LogP contribution is 2.67. The molecule has 7 heteroatoms. The predicted octanol–water partition coefficient (Wildman–Crippen LogP) is 5.36. The minimum atomic E-state index is -3.76. The number of allylic oxidation sites excluding steroid dienone is 4. The van der Waals surface area contributed by atoms with Gasteiger partial charge in [0.25, 0.3) is 10.0 Å². The molecular weight excluding hydrogens is 472 g/mol. The number of nitrogens with one attached hydrogen (secondary N) is 1. The van der Waals surface area contributed by atoms with Gasteiger partial charge in [0.15, 0.2) is 5.79 Å². The Morgan fingerprint density at radius 2 is 1.72 bits per heavy atom. The number of rotatable bonds is 3. The first kappa shape index (κ1) is 24.4. The number of hydrogen-bond acceptors (Lipinski definition) is 5. The van der Waals surface area contributed by atoms with Crippen molar-refractivity contribution < 1.29 is 17.9 Å². The van der Waals surface area contributed by atoms with Gasteiger partial charge in [-0.15, -0.1) is 0 Å². The van der Waals surface area contributed by atoms with Gasteiger partial charge in [-0.2, -0.15) is 18.4 Å². The molecule has 0 bridgehead atoms. The average molecular weight is 511 g/mol. The molecule has 1 aromatic rings. The van der Waals surface area contributed by atoms with E-state index in [0.717, 1.165) is 43.4 Å². The molecule has 6 rings (SSSR count). The van der Waals surface area contributed by atoms with E-state index in [4.69, 9.17) is 9.47 Å². The topological polar surface area (TPSA) is 77.0 Å². The molecule has 1 heterocycles. The van der Waals surface area contributed by atoms with Crippen LogP contribution in [0.1, 0.15) is 58.4 Å². The van der Waals surface area contributed by atoms with E-state index in [0.29, 0.717) is 31.0 Å². The summed E-state index contributed by atoms with van der Waals surface area (Å²) in [5, 5.41) is 4.69. The fourth-order valence-electron chi connectivity index (χ4n) is 8.06. The molecule has 2 saturated carbocycles. The van der Waals surface area contributed by atoms with E-state index < -0.39 is 15.8 Å². The van der Waals surface area contributed by atoms with Crippen LogP contribution in [-0.4, -0.2) is 33.1 Å². The largest absolute Gasteiger partial charge is 0.347 e. The van der Waals surface area contributed by atoms with Gasteiger partial charge in [-0.1, -0.05) is 56.2 Å². The Balaban J connectivity index is 1.42. The van der Waals surface area contributed by atoms with Gasteiger partial charge < -0.3 is 9.47 Å². The second-order valence-electron chi connectivity index (χ2n) is 12.1. The van der Waals surface area contributed by atoms with Crippen molar-refractivity contribution in [1.29, 1.82) is 0 Å². The first-order valence-corrected chi connectivity index (χ1v) is 14.9. The zero-order valence-electron chi connectivity index (χ0n) is 21.8. The van der Waals surface area contributed by atoms with Gasteiger partial charge in [0.2, 0.25) is 0 Å². The van der Waals surface area contributed by atoms with E-state index in [9.17, 15) is 8.42 Å². The molecule has 1 aliphatic heterocycles. The summed E-state index contributed by atoms with van der Waals surface area (Å²) < 4.78 is 38.9. The molecule has 1 aromatic carbocycles. The van der Waals surface area contributed by atoms with Gasteiger partial charge >= 0.3 is 0 Å². The average Bonchev–Trinajstić information content (AvgIpc) is 3.44. The summed E-state index contributed by atoms with van der Waals surface area (Å²) in [5.41, 5.74) is 3.12. The van der Waals surface area contributed by atoms with Crippen molar-refractivity contribution in [2.45, 2.75) is 70.5 Å². The van der Waals surface area contributed by atoms with E-state index >= 15 is 0 Å². The quantitative estimate of drug-likeness (QED) is 0.439. The first-order chi connectivity index (χ1) is 17.1. The molecule has 36 heavy (non-hydrogen) atoms. The lowest BCUT2D eigenvalue weighted by Gasteiger charge is -2.57. The number of sulfonamides is 1. The standard InChI is InChI=1S/C29H38N2O4S/c1-19-5-7-22(8-6-19)36(32,33)31-30-25-18-21-17-20(2)9-12-27(21,3)23-10-13-28(4)24(26(23)25)11-14-29(28)34-15-16-35-29/h5-9,12,18,20,23-24,26,31H,10-11,13-17H2,1-4H3/b30-25-/t20?,23?,24?,26?,27-,28-/m0/s1. The SMILES string of the molecule is Cc1ccc(S(=O)(=O)N/N=C2/C=C3CC(C)C=C[C@]3(C)C3CC[C@@]4(C)C(CCC45OCCO5)C23)cc1. The van der Waals surface area contributed by atoms with Gasteiger partial charge in [-0.25, -0.2) is 0 Å². The van der Waals surface area contributed by atoms with Crippen LogP contribution in [0.25, 0.3) is 0 Å². The van der Waals surface area contributed by atoms with Gasteiger partial charge in [0.05, 0.1) is 23.8 Å². The van der Waals surface area contributed by atoms with Crippen molar-refractivity contribution in [2.24, 2.45) is 39.6 Å². The Hall–Kier alpha value is -1.96. The van der Waals surface area contributed by atoms with Crippen LogP contribution in [0, 0.1) is 41.4 Å². The maximum atomic E-state index is 13.1. The van der Waals surface area contributed by atoms with Crippen LogP contribution in [-0.2, 0) is 19.5 Å². The van der Waals surface area contributed by atoms with Crippen molar-refractivity contribution in [1.82, 2.24) is 4.83 Å². The number of hydrazone groups is 1. The molecule has 0 amide bonds. The number of fused-ring (bicyclic) bond motifs is 6. The maximum Gasteiger partial charge on any atom is 0.276 e. The van der Waals surface area contributed by atoms with Crippen LogP contribution >= 0.6 is 0 Å². The zero-order chi connectivity index (χ0) is 25.3. The Morgan fingerprint density at radius 1 is 1.03 bits per heavy atom. The third-order valence-corrected chi connectivity index (χ3v) is 11.4. The molecule has 6 atom stereocenters. The number of hydrogen-bond donors (Lipinski definition) is 1. The van der Waals surface area contributed by atoms with Crippen LogP contribution < -0.4 is 4.83 Å². The molecule has 194 valence electrons. The normalized spacial score (nSPS) is 40.0. The van der Waals surface area contributed by atoms with Crippen molar-refractivity contribution in [3.8, 4) is 0 Å². The Labute approximate surface area is 215 Å². The lowest BCUT2D eigenvalue weighted by Crippen LogP contribution is -2.56. The van der Waals surface area contributed by atoms with Crippen LogP contribution in [0.3, 0.4) is 0 Å². The van der Waals surface area contributed by atoms with E-state index in [1.54, 1.807) is 12.1 Å². The predicted molar refractivity (Wildman–Crippen MR) is 140 cm³/mol. The van der Waals surface area contributed by atoms with Crippen molar-refractivity contribution >= 4 is 15.7 Å². The molecule has 5 aliphatic rings.